The highest BCUT2D eigenvalue weighted by atomic mass is 15.2. The van der Waals surface area contributed by atoms with Gasteiger partial charge >= 0.3 is 0 Å². The van der Waals surface area contributed by atoms with Crippen LogP contribution in [-0.4, -0.2) is 0 Å². The monoisotopic (exact) mass is 1520 g/mol. The number of nitrogens with zero attached hydrogens (tertiary/aromatic N) is 2. The van der Waals surface area contributed by atoms with E-state index in [1.54, 1.807) is 0 Å². The molecule has 0 aromatic heterocycles. The fourth-order valence-electron chi connectivity index (χ4n) is 24.2. The van der Waals surface area contributed by atoms with Crippen LogP contribution in [0.4, 0.5) is 34.1 Å². The van der Waals surface area contributed by atoms with Gasteiger partial charge in [-0.3, -0.25) is 0 Å². The molecule has 7 aliphatic rings. The highest BCUT2D eigenvalue weighted by Crippen LogP contribution is 2.69. The summed E-state index contributed by atoms with van der Waals surface area (Å²) >= 11 is 0. The van der Waals surface area contributed by atoms with E-state index in [0.29, 0.717) is 11.8 Å². The lowest BCUT2D eigenvalue weighted by Gasteiger charge is -2.48. The Balaban J connectivity index is 0.837. The number of hydrogen-bond donors (Lipinski definition) is 0. The molecule has 0 N–H and O–H groups in total. The van der Waals surface area contributed by atoms with Gasteiger partial charge in [0.1, 0.15) is 0 Å². The van der Waals surface area contributed by atoms with Crippen LogP contribution in [0.15, 0.2) is 352 Å². The van der Waals surface area contributed by atoms with Gasteiger partial charge in [0, 0.05) is 61.3 Å². The molecule has 566 valence electrons. The molecule has 2 fully saturated rings. The summed E-state index contributed by atoms with van der Waals surface area (Å²) in [7, 11) is 0. The van der Waals surface area contributed by atoms with Gasteiger partial charge < -0.3 is 9.80 Å². The predicted octanol–water partition coefficient (Wildman–Crippen LogP) is 33.5. The maximum absolute atomic E-state index is 2.88. The van der Waals surface area contributed by atoms with Crippen molar-refractivity contribution in [1.82, 2.24) is 0 Å². The first-order valence-electron chi connectivity index (χ1n) is 44.0. The van der Waals surface area contributed by atoms with E-state index in [-0.39, 0.29) is 0 Å². The summed E-state index contributed by atoms with van der Waals surface area (Å²) < 4.78 is 0. The molecule has 2 saturated carbocycles. The lowest BCUT2D eigenvalue weighted by Crippen LogP contribution is -2.43. The Morgan fingerprint density at radius 2 is 0.420 bits per heavy atom. The van der Waals surface area contributed by atoms with Gasteiger partial charge in [0.05, 0.1) is 22.7 Å². The Morgan fingerprint density at radius 3 is 0.689 bits per heavy atom. The molecular formula is C117H88N2. The normalized spacial score (nSPS) is 15.1. The lowest BCUT2D eigenvalue weighted by molar-refractivity contribution is 0.154. The molecule has 0 spiro atoms. The predicted molar refractivity (Wildman–Crippen MR) is 503 cm³/mol. The fraction of sp³-hybridized carbons (Fsp3) is 0.145. The zero-order valence-corrected chi connectivity index (χ0v) is 66.9. The van der Waals surface area contributed by atoms with Crippen LogP contribution >= 0.6 is 0 Å². The SMILES string of the molecule is c1ccc(-c2cc3cccc4c3c(c2N(c2ccc3c(c2)C(C2CCCCCCC2)(C2CCCCCCC2)c2cc(N(c5c(-c6ccccc6)cc6cccc7c6c5-c5ccccc5-7)c5c(-c6ccccc6)cc6cccc7c6c5-c5ccccc5-7)ccc2-3)c2c(-c3ccccc3)cc3cccc5c3c2-c2ccccc2-5)-c2ccccc2-4)cc1. The molecule has 18 aromatic carbocycles. The minimum Gasteiger partial charge on any atom is -0.308 e. The highest BCUT2D eigenvalue weighted by molar-refractivity contribution is 6.29. The van der Waals surface area contributed by atoms with Crippen molar-refractivity contribution in [2.75, 3.05) is 9.80 Å². The molecule has 119 heavy (non-hydrogen) atoms. The lowest BCUT2D eigenvalue weighted by atomic mass is 9.56. The van der Waals surface area contributed by atoms with E-state index in [9.17, 15) is 0 Å². The van der Waals surface area contributed by atoms with E-state index >= 15 is 0 Å². The smallest absolute Gasteiger partial charge is 0.0625 e. The van der Waals surface area contributed by atoms with Crippen LogP contribution in [0.3, 0.4) is 0 Å². The minimum absolute atomic E-state index is 0.347. The van der Waals surface area contributed by atoms with Crippen LogP contribution in [0.1, 0.15) is 101 Å². The van der Waals surface area contributed by atoms with Crippen LogP contribution in [0.5, 0.6) is 0 Å². The summed E-state index contributed by atoms with van der Waals surface area (Å²) in [5.74, 6) is 0.695. The van der Waals surface area contributed by atoms with Crippen LogP contribution in [0, 0.1) is 11.8 Å². The summed E-state index contributed by atoms with van der Waals surface area (Å²) in [6, 6.07) is 138. The summed E-state index contributed by atoms with van der Waals surface area (Å²) in [6.07, 6.45) is 17.2. The number of fused-ring (bicyclic) bond motifs is 15. The average molecular weight is 1520 g/mol. The molecule has 2 heteroatoms. The molecular weight excluding hydrogens is 1430 g/mol. The van der Waals surface area contributed by atoms with Gasteiger partial charge in [-0.1, -0.05) is 368 Å². The molecule has 7 aliphatic carbocycles. The minimum atomic E-state index is -0.419. The van der Waals surface area contributed by atoms with E-state index in [2.05, 4.69) is 362 Å². The second-order valence-corrected chi connectivity index (χ2v) is 34.9. The molecule has 2 nitrogen and oxygen atoms in total. The van der Waals surface area contributed by atoms with Gasteiger partial charge in [0.2, 0.25) is 0 Å². The Bertz CT molecular complexity index is 6440. The van der Waals surface area contributed by atoms with Gasteiger partial charge in [0.25, 0.3) is 0 Å². The van der Waals surface area contributed by atoms with Gasteiger partial charge in [-0.15, -0.1) is 0 Å². The molecule has 0 atom stereocenters. The fourth-order valence-corrected chi connectivity index (χ4v) is 24.2. The molecule has 0 amide bonds. The molecule has 0 heterocycles. The summed E-state index contributed by atoms with van der Waals surface area (Å²) in [4.78, 5) is 5.76. The van der Waals surface area contributed by atoms with Crippen molar-refractivity contribution >= 4 is 77.2 Å². The topological polar surface area (TPSA) is 6.48 Å². The van der Waals surface area contributed by atoms with Crippen molar-refractivity contribution in [3.8, 4) is 145 Å². The van der Waals surface area contributed by atoms with Crippen LogP contribution in [0.2, 0.25) is 0 Å². The van der Waals surface area contributed by atoms with Gasteiger partial charge in [-0.2, -0.15) is 0 Å². The Kier molecular flexibility index (Phi) is 15.8. The van der Waals surface area contributed by atoms with Crippen LogP contribution < -0.4 is 9.80 Å². The zero-order chi connectivity index (χ0) is 78.0. The van der Waals surface area contributed by atoms with Crippen molar-refractivity contribution < 1.29 is 0 Å². The number of benzene rings is 18. The molecule has 0 unspecified atom stereocenters. The first-order chi connectivity index (χ1) is 59.1. The zero-order valence-electron chi connectivity index (χ0n) is 66.9. The van der Waals surface area contributed by atoms with Gasteiger partial charge in [0.15, 0.2) is 0 Å². The second-order valence-electron chi connectivity index (χ2n) is 34.9. The maximum atomic E-state index is 2.88. The molecule has 0 radical (unpaired) electrons. The number of hydrogen-bond acceptors (Lipinski definition) is 2. The van der Waals surface area contributed by atoms with Crippen molar-refractivity contribution in [3.05, 3.63) is 363 Å². The third-order valence-electron chi connectivity index (χ3n) is 28.9. The molecule has 18 aromatic rings. The second kappa shape index (κ2) is 27.4. The average Bonchev–Trinajstić information content (AvgIpc) is 1.55. The van der Waals surface area contributed by atoms with Gasteiger partial charge in [-0.25, -0.2) is 0 Å². The largest absolute Gasteiger partial charge is 0.308 e. The Labute approximate surface area is 697 Å². The van der Waals surface area contributed by atoms with Crippen molar-refractivity contribution in [1.29, 1.82) is 0 Å². The highest BCUT2D eigenvalue weighted by Gasteiger charge is 2.54. The molecule has 0 saturated heterocycles. The third kappa shape index (κ3) is 10.2. The van der Waals surface area contributed by atoms with Crippen LogP contribution in [-0.2, 0) is 5.41 Å². The summed E-state index contributed by atoms with van der Waals surface area (Å²) in [5.41, 5.74) is 43.0. The van der Waals surface area contributed by atoms with Crippen molar-refractivity contribution in [3.63, 3.8) is 0 Å². The van der Waals surface area contributed by atoms with Crippen molar-refractivity contribution in [2.45, 2.75) is 95.3 Å². The number of rotatable bonds is 12. The summed E-state index contributed by atoms with van der Waals surface area (Å²) in [6.45, 7) is 0. The van der Waals surface area contributed by atoms with E-state index < -0.39 is 5.41 Å². The summed E-state index contributed by atoms with van der Waals surface area (Å²) in [5, 5.41) is 10.3. The van der Waals surface area contributed by atoms with E-state index in [4.69, 9.17) is 0 Å². The quantitative estimate of drug-likeness (QED) is 0.120. The number of anilines is 6. The van der Waals surface area contributed by atoms with Crippen LogP contribution in [0.25, 0.3) is 188 Å². The van der Waals surface area contributed by atoms with E-state index in [0.717, 1.165) is 0 Å². The molecule has 0 aliphatic heterocycles. The first-order valence-corrected chi connectivity index (χ1v) is 44.0. The van der Waals surface area contributed by atoms with Crippen molar-refractivity contribution in [2.24, 2.45) is 11.8 Å². The molecule has 0 bridgehead atoms. The standard InChI is InChI=1S/C117H88N2/c1-3-19-47-81(48-20-4-1)117(82-49-21-5-2-6-22-50-82)103-71-83(118(113-99(73-35-11-7-12-36-73)67-77-43-31-59-91-85-51-23-27-55-95(85)109(113)105(77)91)114-100(74-37-13-8-14-38-74)68-78-44-32-60-92-86-52-24-28-56-96(86)110(114)106(78)92)63-65-89(103)90-66-64-84(72-104(90)117)119(115-101(75-39-15-9-16-40-75)69-79-45-33-61-93-87-53-25-29-57-97(87)111(115)107(79)93)116-102(76-41-17-10-18-42-76)70-80-46-34-62-94-88-54-26-30-58-98(88)112(116)108(80)94/h7-18,23-46,51-72,81-82H,1-6,19-22,47-50H2. The van der Waals surface area contributed by atoms with Gasteiger partial charge in [-0.05, 0) is 240 Å². The van der Waals surface area contributed by atoms with E-state index in [1.807, 2.05) is 0 Å². The van der Waals surface area contributed by atoms with E-state index in [1.165, 1.54) is 323 Å². The Morgan fingerprint density at radius 1 is 0.185 bits per heavy atom. The molecule has 25 rings (SSSR count). The first kappa shape index (κ1) is 68.8. The third-order valence-corrected chi connectivity index (χ3v) is 28.9. The maximum Gasteiger partial charge on any atom is 0.0625 e. The Hall–Kier alpha value is -13.4.